The minimum absolute atomic E-state index is 0.164. The van der Waals surface area contributed by atoms with E-state index >= 15 is 0 Å². The van der Waals surface area contributed by atoms with Crippen molar-refractivity contribution in [2.75, 3.05) is 26.0 Å². The number of esters is 1. The SMILES string of the molecule is COC(=O)[C@H]1CN(Cn2nc(-c3ccccc3)oc2=S)CCS1. The summed E-state index contributed by atoms with van der Waals surface area (Å²) in [6.45, 7) is 1.99. The van der Waals surface area contributed by atoms with Gasteiger partial charge in [-0.1, -0.05) is 18.2 Å². The van der Waals surface area contributed by atoms with Gasteiger partial charge in [0.2, 0.25) is 5.89 Å². The van der Waals surface area contributed by atoms with Gasteiger partial charge in [0, 0.05) is 24.4 Å². The molecule has 0 spiro atoms. The lowest BCUT2D eigenvalue weighted by Crippen LogP contribution is -2.42. The lowest BCUT2D eigenvalue weighted by molar-refractivity contribution is -0.140. The Labute approximate surface area is 143 Å². The van der Waals surface area contributed by atoms with Crippen molar-refractivity contribution in [3.05, 3.63) is 35.2 Å². The van der Waals surface area contributed by atoms with Crippen LogP contribution >= 0.6 is 24.0 Å². The van der Waals surface area contributed by atoms with Gasteiger partial charge in [-0.25, -0.2) is 4.68 Å². The van der Waals surface area contributed by atoms with Gasteiger partial charge in [-0.3, -0.25) is 9.69 Å². The number of carbonyl (C=O) groups is 1. The Morgan fingerprint density at radius 3 is 3.00 bits per heavy atom. The molecule has 0 radical (unpaired) electrons. The van der Waals surface area contributed by atoms with E-state index in [9.17, 15) is 4.79 Å². The van der Waals surface area contributed by atoms with Crippen LogP contribution in [0.1, 0.15) is 0 Å². The molecule has 0 aliphatic carbocycles. The van der Waals surface area contributed by atoms with Gasteiger partial charge in [-0.05, 0) is 24.4 Å². The number of methoxy groups -OCH3 is 1. The van der Waals surface area contributed by atoms with Gasteiger partial charge >= 0.3 is 5.97 Å². The second kappa shape index (κ2) is 7.29. The number of hydrogen-bond acceptors (Lipinski definition) is 7. The normalized spacial score (nSPS) is 18.7. The van der Waals surface area contributed by atoms with Crippen LogP contribution in [0.25, 0.3) is 11.5 Å². The highest BCUT2D eigenvalue weighted by Crippen LogP contribution is 2.21. The molecule has 23 heavy (non-hydrogen) atoms. The van der Waals surface area contributed by atoms with E-state index in [4.69, 9.17) is 21.4 Å². The molecular formula is C15H17N3O3S2. The van der Waals surface area contributed by atoms with Crippen molar-refractivity contribution in [3.63, 3.8) is 0 Å². The van der Waals surface area contributed by atoms with Gasteiger partial charge < -0.3 is 9.15 Å². The van der Waals surface area contributed by atoms with Crippen molar-refractivity contribution in [3.8, 4) is 11.5 Å². The van der Waals surface area contributed by atoms with Crippen LogP contribution in [-0.4, -0.2) is 51.9 Å². The van der Waals surface area contributed by atoms with Crippen molar-refractivity contribution >= 4 is 29.9 Å². The minimum atomic E-state index is -0.187. The lowest BCUT2D eigenvalue weighted by Gasteiger charge is -2.30. The summed E-state index contributed by atoms with van der Waals surface area (Å²) in [4.78, 5) is 14.2. The van der Waals surface area contributed by atoms with Crippen molar-refractivity contribution < 1.29 is 13.9 Å². The molecule has 2 aromatic rings. The Hall–Kier alpha value is -1.64. The molecule has 1 atom stereocenters. The van der Waals surface area contributed by atoms with Crippen LogP contribution in [0.4, 0.5) is 0 Å². The fraction of sp³-hybridized carbons (Fsp3) is 0.400. The van der Waals surface area contributed by atoms with E-state index in [1.807, 2.05) is 30.3 Å². The first kappa shape index (κ1) is 16.2. The molecule has 0 bridgehead atoms. The molecule has 122 valence electrons. The highest BCUT2D eigenvalue weighted by atomic mass is 32.2. The number of nitrogens with zero attached hydrogens (tertiary/aromatic N) is 3. The molecule has 0 N–H and O–H groups in total. The van der Waals surface area contributed by atoms with Crippen LogP contribution < -0.4 is 0 Å². The van der Waals surface area contributed by atoms with E-state index in [0.29, 0.717) is 23.9 Å². The van der Waals surface area contributed by atoms with Crippen molar-refractivity contribution in [2.45, 2.75) is 11.9 Å². The summed E-state index contributed by atoms with van der Waals surface area (Å²) in [5.41, 5.74) is 0.888. The minimum Gasteiger partial charge on any atom is -0.468 e. The molecule has 0 unspecified atom stereocenters. The van der Waals surface area contributed by atoms with Crippen molar-refractivity contribution in [1.29, 1.82) is 0 Å². The van der Waals surface area contributed by atoms with Gasteiger partial charge in [-0.15, -0.1) is 16.9 Å². The molecule has 1 aliphatic rings. The molecular weight excluding hydrogens is 334 g/mol. The summed E-state index contributed by atoms with van der Waals surface area (Å²) in [6.07, 6.45) is 0. The monoisotopic (exact) mass is 351 g/mol. The first-order valence-electron chi connectivity index (χ1n) is 7.22. The van der Waals surface area contributed by atoms with Crippen molar-refractivity contribution in [1.82, 2.24) is 14.7 Å². The summed E-state index contributed by atoms with van der Waals surface area (Å²) in [7, 11) is 1.42. The number of rotatable bonds is 4. The molecule has 1 aliphatic heterocycles. The van der Waals surface area contributed by atoms with E-state index in [2.05, 4.69) is 10.00 Å². The molecule has 0 amide bonds. The summed E-state index contributed by atoms with van der Waals surface area (Å²) in [5.74, 6) is 1.19. The molecule has 0 saturated carbocycles. The van der Waals surface area contributed by atoms with E-state index < -0.39 is 0 Å². The zero-order valence-electron chi connectivity index (χ0n) is 12.7. The fourth-order valence-electron chi connectivity index (χ4n) is 2.39. The molecule has 3 rings (SSSR count). The predicted molar refractivity (Wildman–Crippen MR) is 90.6 cm³/mol. The number of thioether (sulfide) groups is 1. The van der Waals surface area contributed by atoms with Crippen LogP contribution in [0.15, 0.2) is 34.7 Å². The van der Waals surface area contributed by atoms with Crippen LogP contribution in [0.3, 0.4) is 0 Å². The molecule has 1 aromatic heterocycles. The smallest absolute Gasteiger partial charge is 0.320 e. The highest BCUT2D eigenvalue weighted by Gasteiger charge is 2.27. The standard InChI is InChI=1S/C15H17N3O3S2/c1-20-14(19)12-9-17(7-8-23-12)10-18-15(22)21-13(16-18)11-5-3-2-4-6-11/h2-6,12H,7-10H2,1H3/t12-/m1/s1. The average molecular weight is 351 g/mol. The molecule has 1 saturated heterocycles. The van der Waals surface area contributed by atoms with E-state index in [0.717, 1.165) is 17.9 Å². The maximum absolute atomic E-state index is 11.7. The Morgan fingerprint density at radius 2 is 2.26 bits per heavy atom. The maximum atomic E-state index is 11.7. The molecule has 8 heteroatoms. The van der Waals surface area contributed by atoms with E-state index in [1.54, 1.807) is 16.4 Å². The maximum Gasteiger partial charge on any atom is 0.320 e. The van der Waals surface area contributed by atoms with Crippen LogP contribution in [0.2, 0.25) is 0 Å². The molecule has 1 aromatic carbocycles. The number of aromatic nitrogens is 2. The number of carbonyl (C=O) groups excluding carboxylic acids is 1. The van der Waals surface area contributed by atoms with Gasteiger partial charge in [0.1, 0.15) is 5.25 Å². The number of ether oxygens (including phenoxy) is 1. The quantitative estimate of drug-likeness (QED) is 0.619. The van der Waals surface area contributed by atoms with Crippen molar-refractivity contribution in [2.24, 2.45) is 0 Å². The first-order chi connectivity index (χ1) is 11.2. The van der Waals surface area contributed by atoms with Gasteiger partial charge in [0.25, 0.3) is 4.84 Å². The Balaban J connectivity index is 1.72. The predicted octanol–water partition coefficient (Wildman–Crippen LogP) is 2.42. The Morgan fingerprint density at radius 1 is 1.48 bits per heavy atom. The third-order valence-corrected chi connectivity index (χ3v) is 5.03. The number of benzene rings is 1. The third kappa shape index (κ3) is 3.82. The second-order valence-electron chi connectivity index (χ2n) is 5.14. The van der Waals surface area contributed by atoms with E-state index in [1.165, 1.54) is 7.11 Å². The first-order valence-corrected chi connectivity index (χ1v) is 8.68. The summed E-state index contributed by atoms with van der Waals surface area (Å²) < 4.78 is 12.1. The van der Waals surface area contributed by atoms with Crippen LogP contribution in [-0.2, 0) is 16.2 Å². The average Bonchev–Trinajstić information content (AvgIpc) is 2.96. The van der Waals surface area contributed by atoms with E-state index in [-0.39, 0.29) is 11.2 Å². The summed E-state index contributed by atoms with van der Waals surface area (Å²) in [5, 5.41) is 4.28. The zero-order chi connectivity index (χ0) is 16.2. The zero-order valence-corrected chi connectivity index (χ0v) is 14.3. The second-order valence-corrected chi connectivity index (χ2v) is 6.80. The largest absolute Gasteiger partial charge is 0.468 e. The highest BCUT2D eigenvalue weighted by molar-refractivity contribution is 8.00. The molecule has 1 fully saturated rings. The van der Waals surface area contributed by atoms with Crippen LogP contribution in [0, 0.1) is 4.84 Å². The Bertz CT molecular complexity index is 729. The molecule has 6 nitrogen and oxygen atoms in total. The molecule has 2 heterocycles. The van der Waals surface area contributed by atoms with Gasteiger partial charge in [0.05, 0.1) is 13.8 Å². The lowest BCUT2D eigenvalue weighted by atomic mass is 10.2. The Kier molecular flexibility index (Phi) is 5.14. The number of hydrogen-bond donors (Lipinski definition) is 0. The fourth-order valence-corrected chi connectivity index (χ4v) is 3.76. The van der Waals surface area contributed by atoms with Gasteiger partial charge in [0.15, 0.2) is 0 Å². The van der Waals surface area contributed by atoms with Crippen LogP contribution in [0.5, 0.6) is 0 Å². The topological polar surface area (TPSA) is 60.5 Å². The summed E-state index contributed by atoms with van der Waals surface area (Å²) >= 11 is 6.88. The summed E-state index contributed by atoms with van der Waals surface area (Å²) in [6, 6.07) is 9.64. The third-order valence-electron chi connectivity index (χ3n) is 3.58. The van der Waals surface area contributed by atoms with Gasteiger partial charge in [-0.2, -0.15) is 0 Å².